The number of furan rings is 1. The van der Waals surface area contributed by atoms with Crippen molar-refractivity contribution in [1.82, 2.24) is 10.0 Å². The van der Waals surface area contributed by atoms with Gasteiger partial charge in [-0.15, -0.1) is 0 Å². The second-order valence-electron chi connectivity index (χ2n) is 6.29. The number of rotatable bonds is 8. The summed E-state index contributed by atoms with van der Waals surface area (Å²) < 4.78 is 38.5. The third-order valence-corrected chi connectivity index (χ3v) is 5.32. The highest BCUT2D eigenvalue weighted by Crippen LogP contribution is 2.25. The lowest BCUT2D eigenvalue weighted by atomic mass is 10.1. The van der Waals surface area contributed by atoms with E-state index in [4.69, 9.17) is 9.15 Å². The van der Waals surface area contributed by atoms with Crippen LogP contribution in [0, 0.1) is 12.8 Å². The van der Waals surface area contributed by atoms with Crippen molar-refractivity contribution < 1.29 is 22.4 Å². The number of carbonyl (C=O) groups is 1. The average molecular weight is 380 g/mol. The Kier molecular flexibility index (Phi) is 6.44. The number of hydrogen-bond acceptors (Lipinski definition) is 5. The number of nitrogens with one attached hydrogen (secondary N) is 2. The Balaban J connectivity index is 2.20. The number of ether oxygens (including phenoxy) is 1. The molecule has 1 aromatic heterocycles. The maximum atomic E-state index is 12.8. The lowest BCUT2D eigenvalue weighted by molar-refractivity contribution is -0.123. The van der Waals surface area contributed by atoms with Crippen LogP contribution in [0.3, 0.4) is 0 Å². The zero-order chi connectivity index (χ0) is 19.3. The van der Waals surface area contributed by atoms with Crippen LogP contribution in [0.2, 0.25) is 0 Å². The molecule has 0 spiro atoms. The van der Waals surface area contributed by atoms with Gasteiger partial charge in [0.25, 0.3) is 0 Å². The van der Waals surface area contributed by atoms with E-state index in [0.29, 0.717) is 5.76 Å². The van der Waals surface area contributed by atoms with E-state index in [0.717, 1.165) is 5.56 Å². The van der Waals surface area contributed by atoms with Crippen molar-refractivity contribution in [3.8, 4) is 5.75 Å². The zero-order valence-electron chi connectivity index (χ0n) is 15.3. The lowest BCUT2D eigenvalue weighted by Gasteiger charge is -2.22. The highest BCUT2D eigenvalue weighted by molar-refractivity contribution is 7.89. The zero-order valence-corrected chi connectivity index (χ0v) is 16.1. The van der Waals surface area contributed by atoms with E-state index in [9.17, 15) is 13.2 Å². The fourth-order valence-electron chi connectivity index (χ4n) is 2.41. The van der Waals surface area contributed by atoms with Gasteiger partial charge in [0.1, 0.15) is 22.4 Å². The largest absolute Gasteiger partial charge is 0.495 e. The molecule has 1 amide bonds. The van der Waals surface area contributed by atoms with Crippen molar-refractivity contribution in [1.29, 1.82) is 0 Å². The number of benzene rings is 1. The quantitative estimate of drug-likeness (QED) is 0.732. The molecule has 0 fully saturated rings. The molecule has 1 aromatic carbocycles. The Morgan fingerprint density at radius 1 is 1.27 bits per heavy atom. The molecule has 0 aliphatic heterocycles. The second kappa shape index (κ2) is 8.37. The van der Waals surface area contributed by atoms with Crippen LogP contribution in [-0.2, 0) is 21.4 Å². The number of carbonyl (C=O) groups excluding carboxylic acids is 1. The van der Waals surface area contributed by atoms with Gasteiger partial charge in [-0.2, -0.15) is 4.72 Å². The highest BCUT2D eigenvalue weighted by atomic mass is 32.2. The molecule has 2 aromatic rings. The van der Waals surface area contributed by atoms with E-state index in [1.807, 2.05) is 0 Å². The molecule has 0 bridgehead atoms. The molecule has 1 heterocycles. The van der Waals surface area contributed by atoms with Gasteiger partial charge >= 0.3 is 0 Å². The van der Waals surface area contributed by atoms with Crippen LogP contribution in [0.15, 0.2) is 45.9 Å². The minimum atomic E-state index is -3.95. The standard InChI is InChI=1S/C18H24N2O5S/c1-12(2)17(18(21)19-11-14-6-5-9-25-14)20-26(22,23)16-10-13(3)7-8-15(16)24-4/h5-10,12,17,20H,11H2,1-4H3,(H,19,21)/t17-/m0/s1. The topological polar surface area (TPSA) is 97.6 Å². The molecule has 0 aliphatic carbocycles. The molecular weight excluding hydrogens is 356 g/mol. The minimum absolute atomic E-state index is 0.00415. The maximum Gasteiger partial charge on any atom is 0.244 e. The Morgan fingerprint density at radius 2 is 2.00 bits per heavy atom. The number of hydrogen-bond donors (Lipinski definition) is 2. The van der Waals surface area contributed by atoms with Crippen molar-refractivity contribution in [3.63, 3.8) is 0 Å². The highest BCUT2D eigenvalue weighted by Gasteiger charge is 2.30. The fourth-order valence-corrected chi connectivity index (χ4v) is 4.01. The van der Waals surface area contributed by atoms with Gasteiger partial charge < -0.3 is 14.5 Å². The summed E-state index contributed by atoms with van der Waals surface area (Å²) in [5.74, 6) is 0.134. The molecule has 1 atom stereocenters. The average Bonchev–Trinajstić information content (AvgIpc) is 3.11. The first-order valence-electron chi connectivity index (χ1n) is 8.21. The van der Waals surface area contributed by atoms with Crippen molar-refractivity contribution >= 4 is 15.9 Å². The molecule has 2 rings (SSSR count). The predicted molar refractivity (Wildman–Crippen MR) is 97.2 cm³/mol. The summed E-state index contributed by atoms with van der Waals surface area (Å²) in [6.07, 6.45) is 1.51. The summed E-state index contributed by atoms with van der Waals surface area (Å²) >= 11 is 0. The van der Waals surface area contributed by atoms with Crippen LogP contribution in [-0.4, -0.2) is 27.5 Å². The number of aryl methyl sites for hydroxylation is 1. The first-order valence-corrected chi connectivity index (χ1v) is 9.70. The van der Waals surface area contributed by atoms with Gasteiger partial charge in [0.15, 0.2) is 0 Å². The Morgan fingerprint density at radius 3 is 2.58 bits per heavy atom. The third kappa shape index (κ3) is 4.86. The molecule has 0 unspecified atom stereocenters. The molecule has 26 heavy (non-hydrogen) atoms. The SMILES string of the molecule is COc1ccc(C)cc1S(=O)(=O)N[C@H](C(=O)NCc1ccco1)C(C)C. The Bertz CT molecular complexity index is 844. The summed E-state index contributed by atoms with van der Waals surface area (Å²) in [5, 5.41) is 2.69. The summed E-state index contributed by atoms with van der Waals surface area (Å²) in [7, 11) is -2.54. The number of sulfonamides is 1. The first-order chi connectivity index (χ1) is 12.2. The van der Waals surface area contributed by atoms with Gasteiger partial charge in [-0.25, -0.2) is 8.42 Å². The molecule has 142 valence electrons. The van der Waals surface area contributed by atoms with Gasteiger partial charge in [-0.1, -0.05) is 19.9 Å². The van der Waals surface area contributed by atoms with Crippen molar-refractivity contribution in [2.24, 2.45) is 5.92 Å². The summed E-state index contributed by atoms with van der Waals surface area (Å²) in [5.41, 5.74) is 0.773. The fraction of sp³-hybridized carbons (Fsp3) is 0.389. The number of methoxy groups -OCH3 is 1. The Labute approximate surface area is 153 Å². The Hall–Kier alpha value is -2.32. The normalized spacial score (nSPS) is 12.8. The van der Waals surface area contributed by atoms with Gasteiger partial charge in [-0.3, -0.25) is 4.79 Å². The molecule has 0 saturated carbocycles. The van der Waals surface area contributed by atoms with Crippen LogP contribution in [0.25, 0.3) is 0 Å². The van der Waals surface area contributed by atoms with E-state index >= 15 is 0 Å². The minimum Gasteiger partial charge on any atom is -0.495 e. The molecule has 7 nitrogen and oxygen atoms in total. The monoisotopic (exact) mass is 380 g/mol. The van der Waals surface area contributed by atoms with Crippen LogP contribution < -0.4 is 14.8 Å². The van der Waals surface area contributed by atoms with E-state index in [1.165, 1.54) is 19.4 Å². The van der Waals surface area contributed by atoms with E-state index < -0.39 is 22.0 Å². The van der Waals surface area contributed by atoms with Crippen LogP contribution >= 0.6 is 0 Å². The van der Waals surface area contributed by atoms with Crippen molar-refractivity contribution in [3.05, 3.63) is 47.9 Å². The van der Waals surface area contributed by atoms with Gasteiger partial charge in [-0.05, 0) is 42.7 Å². The number of amides is 1. The summed E-state index contributed by atoms with van der Waals surface area (Å²) in [6.45, 7) is 5.51. The molecule has 0 radical (unpaired) electrons. The molecule has 8 heteroatoms. The molecular formula is C18H24N2O5S. The van der Waals surface area contributed by atoms with Gasteiger partial charge in [0.05, 0.1) is 19.9 Å². The van der Waals surface area contributed by atoms with Crippen molar-refractivity contribution in [2.75, 3.05) is 7.11 Å². The van der Waals surface area contributed by atoms with Crippen LogP contribution in [0.1, 0.15) is 25.2 Å². The van der Waals surface area contributed by atoms with E-state index in [-0.39, 0.29) is 23.1 Å². The summed E-state index contributed by atoms with van der Waals surface area (Å²) in [4.78, 5) is 12.5. The van der Waals surface area contributed by atoms with Crippen LogP contribution in [0.4, 0.5) is 0 Å². The first kappa shape index (κ1) is 20.0. The van der Waals surface area contributed by atoms with E-state index in [2.05, 4.69) is 10.0 Å². The molecule has 0 aliphatic rings. The lowest BCUT2D eigenvalue weighted by Crippen LogP contribution is -2.49. The van der Waals surface area contributed by atoms with Gasteiger partial charge in [0.2, 0.25) is 15.9 Å². The smallest absolute Gasteiger partial charge is 0.244 e. The van der Waals surface area contributed by atoms with Gasteiger partial charge in [0, 0.05) is 0 Å². The predicted octanol–water partition coefficient (Wildman–Crippen LogP) is 2.22. The van der Waals surface area contributed by atoms with Crippen LogP contribution in [0.5, 0.6) is 5.75 Å². The van der Waals surface area contributed by atoms with E-state index in [1.54, 1.807) is 45.0 Å². The summed E-state index contributed by atoms with van der Waals surface area (Å²) in [6, 6.07) is 7.37. The second-order valence-corrected chi connectivity index (χ2v) is 7.98. The third-order valence-electron chi connectivity index (χ3n) is 3.86. The molecule has 2 N–H and O–H groups in total. The van der Waals surface area contributed by atoms with Crippen molar-refractivity contribution in [2.45, 2.75) is 38.3 Å². The molecule has 0 saturated heterocycles. The maximum absolute atomic E-state index is 12.8.